The lowest BCUT2D eigenvalue weighted by Crippen LogP contribution is -2.24. The Morgan fingerprint density at radius 1 is 1.04 bits per heavy atom. The maximum absolute atomic E-state index is 6.12. The number of hydrogen-bond donors (Lipinski definition) is 3. The van der Waals surface area contributed by atoms with Crippen LogP contribution in [-0.4, -0.2) is 26.2 Å². The Kier molecular flexibility index (Phi) is 10.8. The Labute approximate surface area is 179 Å². The Hall–Kier alpha value is -1.80. The second-order valence-electron chi connectivity index (χ2n) is 6.10. The maximum Gasteiger partial charge on any atom is 0.193 e. The number of halogens is 1. The second-order valence-corrected chi connectivity index (χ2v) is 6.10. The molecule has 0 atom stereocenters. The highest BCUT2D eigenvalue weighted by atomic mass is 127. The number of para-hydroxylation sites is 1. The molecule has 0 aliphatic heterocycles. The smallest absolute Gasteiger partial charge is 0.193 e. The van der Waals surface area contributed by atoms with Gasteiger partial charge in [0.1, 0.15) is 0 Å². The van der Waals surface area contributed by atoms with Gasteiger partial charge in [-0.25, -0.2) is 4.99 Å². The summed E-state index contributed by atoms with van der Waals surface area (Å²) in [5.41, 5.74) is 11.9. The number of guanidine groups is 1. The van der Waals surface area contributed by atoms with Gasteiger partial charge in [0.2, 0.25) is 0 Å². The summed E-state index contributed by atoms with van der Waals surface area (Å²) in [5, 5.41) is 6.60. The normalized spacial score (nSPS) is 11.0. The van der Waals surface area contributed by atoms with Crippen LogP contribution in [0.15, 0.2) is 47.5 Å². The average molecular weight is 482 g/mol. The van der Waals surface area contributed by atoms with Crippen molar-refractivity contribution in [2.75, 3.05) is 30.9 Å². The number of nitrogens with one attached hydrogen (secondary N) is 2. The van der Waals surface area contributed by atoms with E-state index in [9.17, 15) is 0 Å². The van der Waals surface area contributed by atoms with Crippen molar-refractivity contribution in [1.29, 1.82) is 0 Å². The summed E-state index contributed by atoms with van der Waals surface area (Å²) < 4.78 is 5.03. The van der Waals surface area contributed by atoms with Crippen molar-refractivity contribution in [2.45, 2.75) is 33.2 Å². The summed E-state index contributed by atoms with van der Waals surface area (Å²) in [6.07, 6.45) is 1.92. The molecule has 0 heterocycles. The Bertz CT molecular complexity index is 694. The molecule has 0 saturated carbocycles. The van der Waals surface area contributed by atoms with Crippen LogP contribution in [0.4, 0.5) is 11.4 Å². The van der Waals surface area contributed by atoms with Crippen molar-refractivity contribution in [3.8, 4) is 0 Å². The predicted molar refractivity (Wildman–Crippen MR) is 126 cm³/mol. The highest BCUT2D eigenvalue weighted by Crippen LogP contribution is 2.22. The number of methoxy groups -OCH3 is 1. The molecule has 0 aliphatic rings. The van der Waals surface area contributed by atoms with Gasteiger partial charge in [-0.15, -0.1) is 24.0 Å². The molecule has 0 saturated heterocycles. The van der Waals surface area contributed by atoms with Gasteiger partial charge in [-0.3, -0.25) is 0 Å². The van der Waals surface area contributed by atoms with Gasteiger partial charge < -0.3 is 21.1 Å². The molecule has 5 nitrogen and oxygen atoms in total. The molecule has 6 heteroatoms. The topological polar surface area (TPSA) is 71.7 Å². The van der Waals surface area contributed by atoms with E-state index in [0.29, 0.717) is 19.1 Å². The minimum atomic E-state index is 0. The Morgan fingerprint density at radius 2 is 1.67 bits per heavy atom. The molecule has 4 N–H and O–H groups in total. The molecule has 0 amide bonds. The third-order valence-electron chi connectivity index (χ3n) is 4.27. The average Bonchev–Trinajstić information content (AvgIpc) is 2.67. The number of benzene rings is 2. The molecule has 2 rings (SSSR count). The highest BCUT2D eigenvalue weighted by Gasteiger charge is 2.07. The molecule has 2 aromatic rings. The summed E-state index contributed by atoms with van der Waals surface area (Å²) in [6, 6.07) is 14.6. The van der Waals surface area contributed by atoms with Crippen LogP contribution in [-0.2, 0) is 24.1 Å². The third kappa shape index (κ3) is 7.38. The zero-order chi connectivity index (χ0) is 18.8. The van der Waals surface area contributed by atoms with Crippen LogP contribution in [0.3, 0.4) is 0 Å². The molecule has 0 radical (unpaired) electrons. The van der Waals surface area contributed by atoms with Crippen LogP contribution in [0.5, 0.6) is 0 Å². The molecule has 0 unspecified atom stereocenters. The van der Waals surface area contributed by atoms with Crippen LogP contribution >= 0.6 is 24.0 Å². The fourth-order valence-electron chi connectivity index (χ4n) is 2.77. The van der Waals surface area contributed by atoms with E-state index >= 15 is 0 Å². The first-order valence-electron chi connectivity index (χ1n) is 9.17. The molecule has 2 aromatic carbocycles. The number of nitrogens with two attached hydrogens (primary N) is 1. The lowest BCUT2D eigenvalue weighted by molar-refractivity contribution is 0.211. The predicted octanol–water partition coefficient (Wildman–Crippen LogP) is 4.41. The van der Waals surface area contributed by atoms with E-state index in [1.54, 1.807) is 7.11 Å². The zero-order valence-corrected chi connectivity index (χ0v) is 18.7. The monoisotopic (exact) mass is 482 g/mol. The van der Waals surface area contributed by atoms with Gasteiger partial charge in [0.05, 0.1) is 13.2 Å². The summed E-state index contributed by atoms with van der Waals surface area (Å²) >= 11 is 0. The van der Waals surface area contributed by atoms with Gasteiger partial charge in [0, 0.05) is 25.0 Å². The number of hydrogen-bond acceptors (Lipinski definition) is 3. The van der Waals surface area contributed by atoms with Crippen molar-refractivity contribution in [3.05, 3.63) is 59.2 Å². The molecule has 0 fully saturated rings. The fourth-order valence-corrected chi connectivity index (χ4v) is 2.77. The van der Waals surface area contributed by atoms with Crippen LogP contribution in [0, 0.1) is 0 Å². The van der Waals surface area contributed by atoms with Crippen molar-refractivity contribution < 1.29 is 4.74 Å². The van der Waals surface area contributed by atoms with E-state index in [1.165, 1.54) is 11.1 Å². The van der Waals surface area contributed by atoms with Gasteiger partial charge in [0.15, 0.2) is 5.96 Å². The molecule has 148 valence electrons. The van der Waals surface area contributed by atoms with Crippen LogP contribution in [0.25, 0.3) is 0 Å². The van der Waals surface area contributed by atoms with Crippen LogP contribution in [0.2, 0.25) is 0 Å². The van der Waals surface area contributed by atoms with E-state index < -0.39 is 0 Å². The number of aliphatic imine (C=N–C) groups is 1. The molecule has 0 aliphatic carbocycles. The van der Waals surface area contributed by atoms with Crippen molar-refractivity contribution >= 4 is 41.3 Å². The Morgan fingerprint density at radius 3 is 2.22 bits per heavy atom. The summed E-state index contributed by atoms with van der Waals surface area (Å²) in [4.78, 5) is 4.49. The van der Waals surface area contributed by atoms with Gasteiger partial charge >= 0.3 is 0 Å². The molecular formula is C21H31IN4O. The minimum Gasteiger partial charge on any atom is -0.383 e. The first-order chi connectivity index (χ1) is 12.7. The van der Waals surface area contributed by atoms with Crippen LogP contribution in [0.1, 0.15) is 30.5 Å². The van der Waals surface area contributed by atoms with Gasteiger partial charge in [-0.2, -0.15) is 0 Å². The van der Waals surface area contributed by atoms with E-state index in [4.69, 9.17) is 10.5 Å². The number of ether oxygens (including phenoxy) is 1. The van der Waals surface area contributed by atoms with Crippen LogP contribution < -0.4 is 16.4 Å². The van der Waals surface area contributed by atoms with E-state index in [2.05, 4.69) is 59.8 Å². The van der Waals surface area contributed by atoms with E-state index in [0.717, 1.165) is 36.3 Å². The third-order valence-corrected chi connectivity index (χ3v) is 4.27. The van der Waals surface area contributed by atoms with Gasteiger partial charge in [-0.05, 0) is 41.7 Å². The van der Waals surface area contributed by atoms with Gasteiger partial charge in [-0.1, -0.05) is 44.2 Å². The van der Waals surface area contributed by atoms with E-state index in [-0.39, 0.29) is 24.0 Å². The maximum atomic E-state index is 6.12. The largest absolute Gasteiger partial charge is 0.383 e. The van der Waals surface area contributed by atoms with Gasteiger partial charge in [0.25, 0.3) is 0 Å². The molecule has 0 aromatic heterocycles. The molecule has 0 bridgehead atoms. The lowest BCUT2D eigenvalue weighted by atomic mass is 10.0. The standard InChI is InChI=1S/C21H30N4O.HI/c1-4-17-7-6-8-18(5-2)20(17)25-21(22)24-15-16-9-11-19(12-10-16)23-13-14-26-3;/h6-12,23H,4-5,13-15H2,1-3H3,(H3,22,24,25);1H. The Balaban J connectivity index is 0.00000364. The van der Waals surface area contributed by atoms with Crippen molar-refractivity contribution in [3.63, 3.8) is 0 Å². The number of anilines is 2. The number of aryl methyl sites for hydroxylation is 2. The number of rotatable bonds is 9. The fraction of sp³-hybridized carbons (Fsp3) is 0.381. The summed E-state index contributed by atoms with van der Waals surface area (Å²) in [6.45, 7) is 6.33. The minimum absolute atomic E-state index is 0. The first-order valence-corrected chi connectivity index (χ1v) is 9.17. The number of nitrogens with zero attached hydrogens (tertiary/aromatic N) is 1. The molecular weight excluding hydrogens is 451 g/mol. The summed E-state index contributed by atoms with van der Waals surface area (Å²) in [7, 11) is 1.70. The second kappa shape index (κ2) is 12.6. The highest BCUT2D eigenvalue weighted by molar-refractivity contribution is 14.0. The quantitative estimate of drug-likeness (QED) is 0.214. The SMILES string of the molecule is CCc1cccc(CC)c1NC(N)=NCc1ccc(NCCOC)cc1.I. The lowest BCUT2D eigenvalue weighted by Gasteiger charge is -2.15. The summed E-state index contributed by atoms with van der Waals surface area (Å²) in [5.74, 6) is 0.447. The molecule has 0 spiro atoms. The van der Waals surface area contributed by atoms with Crippen molar-refractivity contribution in [1.82, 2.24) is 0 Å². The first kappa shape index (κ1) is 23.2. The zero-order valence-electron chi connectivity index (χ0n) is 16.4. The van der Waals surface area contributed by atoms with E-state index in [1.807, 2.05) is 12.1 Å². The van der Waals surface area contributed by atoms with Crippen molar-refractivity contribution in [2.24, 2.45) is 10.7 Å². The molecule has 27 heavy (non-hydrogen) atoms.